The zero-order valence-corrected chi connectivity index (χ0v) is 8.99. The van der Waals surface area contributed by atoms with Crippen LogP contribution in [0.2, 0.25) is 0 Å². The molecular formula is C9H10N4OS. The molecule has 6 heteroatoms. The van der Waals surface area contributed by atoms with Crippen LogP contribution in [0, 0.1) is 0 Å². The molecule has 0 saturated carbocycles. The predicted molar refractivity (Wildman–Crippen MR) is 58.0 cm³/mol. The number of ether oxygens (including phenoxy) is 1. The van der Waals surface area contributed by atoms with E-state index in [2.05, 4.69) is 19.0 Å². The lowest BCUT2D eigenvalue weighted by molar-refractivity contribution is 0.403. The zero-order valence-electron chi connectivity index (χ0n) is 8.17. The second kappa shape index (κ2) is 4.70. The summed E-state index contributed by atoms with van der Waals surface area (Å²) in [5.74, 6) is 1.22. The van der Waals surface area contributed by atoms with Crippen LogP contribution < -0.4 is 10.1 Å². The second-order valence-corrected chi connectivity index (χ2v) is 3.36. The summed E-state index contributed by atoms with van der Waals surface area (Å²) in [4.78, 5) is 3.95. The average Bonchev–Trinajstić information content (AvgIpc) is 2.75. The Morgan fingerprint density at radius 2 is 2.13 bits per heavy atom. The van der Waals surface area contributed by atoms with Crippen molar-refractivity contribution >= 4 is 17.5 Å². The third-order valence-corrected chi connectivity index (χ3v) is 2.37. The van der Waals surface area contributed by atoms with Gasteiger partial charge in [-0.15, -0.1) is 4.37 Å². The normalized spacial score (nSPS) is 9.93. The van der Waals surface area contributed by atoms with Crippen LogP contribution in [0.1, 0.15) is 5.56 Å². The molecule has 0 aliphatic heterocycles. The minimum Gasteiger partial charge on any atom is -0.478 e. The molecular weight excluding hydrogens is 212 g/mol. The molecule has 2 aromatic heterocycles. The van der Waals surface area contributed by atoms with Gasteiger partial charge < -0.3 is 10.1 Å². The zero-order chi connectivity index (χ0) is 10.5. The SMILES string of the molecule is COc1nsnc1NCc1ccncc1. The number of hydrogen-bond acceptors (Lipinski definition) is 6. The van der Waals surface area contributed by atoms with E-state index in [0.29, 0.717) is 18.2 Å². The van der Waals surface area contributed by atoms with E-state index < -0.39 is 0 Å². The molecule has 2 heterocycles. The fraction of sp³-hybridized carbons (Fsp3) is 0.222. The Kier molecular flexibility index (Phi) is 3.08. The third kappa shape index (κ3) is 2.41. The highest BCUT2D eigenvalue weighted by Crippen LogP contribution is 2.20. The van der Waals surface area contributed by atoms with E-state index >= 15 is 0 Å². The molecule has 15 heavy (non-hydrogen) atoms. The first-order valence-corrected chi connectivity index (χ1v) is 5.12. The monoisotopic (exact) mass is 222 g/mol. The van der Waals surface area contributed by atoms with Gasteiger partial charge in [0.05, 0.1) is 18.8 Å². The summed E-state index contributed by atoms with van der Waals surface area (Å²) in [6.45, 7) is 0.685. The van der Waals surface area contributed by atoms with E-state index in [1.165, 1.54) is 0 Å². The summed E-state index contributed by atoms with van der Waals surface area (Å²) < 4.78 is 13.1. The quantitative estimate of drug-likeness (QED) is 0.850. The summed E-state index contributed by atoms with van der Waals surface area (Å²) in [6, 6.07) is 3.89. The van der Waals surface area contributed by atoms with Crippen molar-refractivity contribution in [2.75, 3.05) is 12.4 Å². The number of nitrogens with zero attached hydrogens (tertiary/aromatic N) is 3. The van der Waals surface area contributed by atoms with Crippen LogP contribution in [0.15, 0.2) is 24.5 Å². The van der Waals surface area contributed by atoms with Crippen molar-refractivity contribution in [1.82, 2.24) is 13.7 Å². The van der Waals surface area contributed by atoms with Gasteiger partial charge >= 0.3 is 0 Å². The molecule has 0 saturated heterocycles. The lowest BCUT2D eigenvalue weighted by Crippen LogP contribution is -2.01. The van der Waals surface area contributed by atoms with Crippen molar-refractivity contribution in [1.29, 1.82) is 0 Å². The van der Waals surface area contributed by atoms with E-state index in [0.717, 1.165) is 17.3 Å². The smallest absolute Gasteiger partial charge is 0.270 e. The van der Waals surface area contributed by atoms with Gasteiger partial charge in [-0.25, -0.2) is 0 Å². The summed E-state index contributed by atoms with van der Waals surface area (Å²) in [5, 5.41) is 3.14. The van der Waals surface area contributed by atoms with Gasteiger partial charge in [0, 0.05) is 18.9 Å². The van der Waals surface area contributed by atoms with Gasteiger partial charge in [0.15, 0.2) is 0 Å². The number of aromatic nitrogens is 3. The van der Waals surface area contributed by atoms with Gasteiger partial charge in [-0.3, -0.25) is 4.98 Å². The fourth-order valence-corrected chi connectivity index (χ4v) is 1.61. The molecule has 78 valence electrons. The van der Waals surface area contributed by atoms with Gasteiger partial charge in [0.25, 0.3) is 5.88 Å². The van der Waals surface area contributed by atoms with E-state index in [1.807, 2.05) is 12.1 Å². The molecule has 0 atom stereocenters. The van der Waals surface area contributed by atoms with Crippen molar-refractivity contribution in [3.05, 3.63) is 30.1 Å². The van der Waals surface area contributed by atoms with Crippen LogP contribution in [0.3, 0.4) is 0 Å². The molecule has 0 unspecified atom stereocenters. The van der Waals surface area contributed by atoms with Crippen molar-refractivity contribution < 1.29 is 4.74 Å². The van der Waals surface area contributed by atoms with Crippen LogP contribution in [0.25, 0.3) is 0 Å². The van der Waals surface area contributed by atoms with Gasteiger partial charge in [-0.2, -0.15) is 4.37 Å². The minimum absolute atomic E-state index is 0.536. The van der Waals surface area contributed by atoms with Crippen molar-refractivity contribution in [3.8, 4) is 5.88 Å². The highest BCUT2D eigenvalue weighted by molar-refractivity contribution is 6.99. The first-order valence-electron chi connectivity index (χ1n) is 4.39. The first kappa shape index (κ1) is 9.85. The van der Waals surface area contributed by atoms with Crippen molar-refractivity contribution in [2.24, 2.45) is 0 Å². The molecule has 0 aliphatic carbocycles. The van der Waals surface area contributed by atoms with E-state index in [-0.39, 0.29) is 0 Å². The first-order chi connectivity index (χ1) is 7.40. The fourth-order valence-electron chi connectivity index (χ4n) is 1.11. The number of methoxy groups -OCH3 is 1. The molecule has 2 rings (SSSR count). The number of rotatable bonds is 4. The minimum atomic E-state index is 0.536. The maximum Gasteiger partial charge on any atom is 0.270 e. The molecule has 5 nitrogen and oxygen atoms in total. The molecule has 0 radical (unpaired) electrons. The topological polar surface area (TPSA) is 59.9 Å². The van der Waals surface area contributed by atoms with Crippen LogP contribution in [-0.2, 0) is 6.54 Å². The third-order valence-electron chi connectivity index (χ3n) is 1.86. The summed E-state index contributed by atoms with van der Waals surface area (Å²) in [6.07, 6.45) is 3.51. The lowest BCUT2D eigenvalue weighted by atomic mass is 10.3. The highest BCUT2D eigenvalue weighted by Gasteiger charge is 2.06. The largest absolute Gasteiger partial charge is 0.478 e. The lowest BCUT2D eigenvalue weighted by Gasteiger charge is -2.03. The van der Waals surface area contributed by atoms with Gasteiger partial charge in [-0.1, -0.05) is 0 Å². The molecule has 0 spiro atoms. The number of hydrogen-bond donors (Lipinski definition) is 1. The van der Waals surface area contributed by atoms with E-state index in [9.17, 15) is 0 Å². The van der Waals surface area contributed by atoms with Crippen molar-refractivity contribution in [3.63, 3.8) is 0 Å². The molecule has 2 aromatic rings. The molecule has 0 aromatic carbocycles. The molecule has 0 fully saturated rings. The average molecular weight is 222 g/mol. The Hall–Kier alpha value is -1.69. The maximum absolute atomic E-state index is 5.04. The standard InChI is InChI=1S/C9H10N4OS/c1-14-9-8(12-15-13-9)11-6-7-2-4-10-5-3-7/h2-5H,6H2,1H3,(H,11,12). The van der Waals surface area contributed by atoms with Crippen LogP contribution >= 0.6 is 11.7 Å². The second-order valence-electron chi connectivity index (χ2n) is 2.83. The molecule has 1 N–H and O–H groups in total. The summed E-state index contributed by atoms with van der Waals surface area (Å²) in [7, 11) is 1.58. The van der Waals surface area contributed by atoms with Gasteiger partial charge in [0.1, 0.15) is 0 Å². The Bertz CT molecular complexity index is 417. The molecule has 0 amide bonds. The summed E-state index contributed by atoms with van der Waals surface area (Å²) in [5.41, 5.74) is 1.14. The van der Waals surface area contributed by atoms with Gasteiger partial charge in [-0.05, 0) is 17.7 Å². The Morgan fingerprint density at radius 1 is 1.33 bits per heavy atom. The van der Waals surface area contributed by atoms with Crippen molar-refractivity contribution in [2.45, 2.75) is 6.54 Å². The predicted octanol–water partition coefficient (Wildman–Crippen LogP) is 1.55. The van der Waals surface area contributed by atoms with E-state index in [1.54, 1.807) is 19.5 Å². The molecule has 0 aliphatic rings. The molecule has 0 bridgehead atoms. The van der Waals surface area contributed by atoms with Crippen LogP contribution in [0.4, 0.5) is 5.82 Å². The number of anilines is 1. The Balaban J connectivity index is 1.99. The Morgan fingerprint density at radius 3 is 2.87 bits per heavy atom. The Labute approximate surface area is 91.5 Å². The highest BCUT2D eigenvalue weighted by atomic mass is 32.1. The maximum atomic E-state index is 5.04. The van der Waals surface area contributed by atoms with Crippen LogP contribution in [0.5, 0.6) is 5.88 Å². The number of nitrogens with one attached hydrogen (secondary N) is 1. The van der Waals surface area contributed by atoms with Gasteiger partial charge in [0.2, 0.25) is 5.82 Å². The summed E-state index contributed by atoms with van der Waals surface area (Å²) >= 11 is 1.13. The van der Waals surface area contributed by atoms with Crippen LogP contribution in [-0.4, -0.2) is 20.8 Å². The van der Waals surface area contributed by atoms with E-state index in [4.69, 9.17) is 4.74 Å². The number of pyridine rings is 1.